The Labute approximate surface area is 103 Å². The SMILES string of the molecule is O=C(O)CCNc1ccc(Br)c(C(F)(F)F)n1. The van der Waals surface area contributed by atoms with Crippen molar-refractivity contribution in [3.8, 4) is 0 Å². The molecule has 0 atom stereocenters. The maximum Gasteiger partial charge on any atom is 0.434 e. The Morgan fingerprint density at radius 3 is 2.65 bits per heavy atom. The molecule has 0 aliphatic heterocycles. The third kappa shape index (κ3) is 4.22. The van der Waals surface area contributed by atoms with E-state index in [1.54, 1.807) is 0 Å². The van der Waals surface area contributed by atoms with Crippen molar-refractivity contribution in [1.29, 1.82) is 0 Å². The van der Waals surface area contributed by atoms with Gasteiger partial charge in [0, 0.05) is 11.0 Å². The van der Waals surface area contributed by atoms with Gasteiger partial charge in [0.15, 0.2) is 5.69 Å². The predicted octanol–water partition coefficient (Wildman–Crippen LogP) is 2.75. The molecule has 0 spiro atoms. The number of rotatable bonds is 4. The second-order valence-corrected chi connectivity index (χ2v) is 3.95. The van der Waals surface area contributed by atoms with Crippen molar-refractivity contribution in [2.24, 2.45) is 0 Å². The van der Waals surface area contributed by atoms with Crippen LogP contribution in [0.1, 0.15) is 12.1 Å². The molecule has 0 saturated carbocycles. The van der Waals surface area contributed by atoms with Gasteiger partial charge in [-0.3, -0.25) is 4.79 Å². The number of carbonyl (C=O) groups is 1. The van der Waals surface area contributed by atoms with Gasteiger partial charge in [0.1, 0.15) is 5.82 Å². The highest BCUT2D eigenvalue weighted by Crippen LogP contribution is 2.33. The van der Waals surface area contributed by atoms with E-state index >= 15 is 0 Å². The van der Waals surface area contributed by atoms with Gasteiger partial charge in [-0.05, 0) is 28.1 Å². The van der Waals surface area contributed by atoms with E-state index in [1.165, 1.54) is 12.1 Å². The van der Waals surface area contributed by atoms with E-state index in [-0.39, 0.29) is 23.3 Å². The summed E-state index contributed by atoms with van der Waals surface area (Å²) >= 11 is 2.75. The molecule has 1 rings (SSSR count). The maximum absolute atomic E-state index is 12.5. The molecule has 1 aromatic rings. The molecule has 0 aromatic carbocycles. The average Bonchev–Trinajstić information content (AvgIpc) is 2.18. The van der Waals surface area contributed by atoms with Crippen LogP contribution >= 0.6 is 15.9 Å². The van der Waals surface area contributed by atoms with Crippen molar-refractivity contribution < 1.29 is 23.1 Å². The zero-order valence-electron chi connectivity index (χ0n) is 8.38. The van der Waals surface area contributed by atoms with Crippen LogP contribution in [0, 0.1) is 0 Å². The Balaban J connectivity index is 2.79. The van der Waals surface area contributed by atoms with E-state index in [1.807, 2.05) is 0 Å². The van der Waals surface area contributed by atoms with Crippen LogP contribution in [0.25, 0.3) is 0 Å². The first-order valence-electron chi connectivity index (χ1n) is 4.50. The molecule has 4 nitrogen and oxygen atoms in total. The molecule has 0 aliphatic rings. The number of halogens is 4. The minimum absolute atomic E-state index is 0.0122. The number of alkyl halides is 3. The van der Waals surface area contributed by atoms with Gasteiger partial charge in [-0.2, -0.15) is 13.2 Å². The van der Waals surface area contributed by atoms with Crippen LogP contribution in [0.5, 0.6) is 0 Å². The number of pyridine rings is 1. The van der Waals surface area contributed by atoms with Crippen LogP contribution in [-0.4, -0.2) is 22.6 Å². The Hall–Kier alpha value is -1.31. The van der Waals surface area contributed by atoms with Crippen LogP contribution < -0.4 is 5.32 Å². The predicted molar refractivity (Wildman–Crippen MR) is 57.7 cm³/mol. The molecule has 8 heteroatoms. The zero-order chi connectivity index (χ0) is 13.1. The molecule has 17 heavy (non-hydrogen) atoms. The maximum atomic E-state index is 12.5. The fraction of sp³-hybridized carbons (Fsp3) is 0.333. The Morgan fingerprint density at radius 1 is 1.47 bits per heavy atom. The number of anilines is 1. The molecule has 0 amide bonds. The largest absolute Gasteiger partial charge is 0.481 e. The first kappa shape index (κ1) is 13.8. The minimum atomic E-state index is -4.55. The van der Waals surface area contributed by atoms with Crippen molar-refractivity contribution in [2.45, 2.75) is 12.6 Å². The molecule has 0 radical (unpaired) electrons. The lowest BCUT2D eigenvalue weighted by molar-refractivity contribution is -0.141. The summed E-state index contributed by atoms with van der Waals surface area (Å²) in [6, 6.07) is 2.54. The fourth-order valence-electron chi connectivity index (χ4n) is 1.04. The van der Waals surface area contributed by atoms with Crippen molar-refractivity contribution in [3.05, 3.63) is 22.3 Å². The van der Waals surface area contributed by atoms with Gasteiger partial charge in [-0.25, -0.2) is 4.98 Å². The fourth-order valence-corrected chi connectivity index (χ4v) is 1.48. The van der Waals surface area contributed by atoms with E-state index in [0.717, 1.165) is 0 Å². The zero-order valence-corrected chi connectivity index (χ0v) is 9.97. The van der Waals surface area contributed by atoms with Gasteiger partial charge in [0.05, 0.1) is 6.42 Å². The normalized spacial score (nSPS) is 11.3. The second kappa shape index (κ2) is 5.35. The van der Waals surface area contributed by atoms with Crippen molar-refractivity contribution in [2.75, 3.05) is 11.9 Å². The smallest absolute Gasteiger partial charge is 0.434 e. The standard InChI is InChI=1S/C9H8BrF3N2O2/c10-5-1-2-6(14-4-3-7(16)17)15-8(5)9(11,12)13/h1-2H,3-4H2,(H,14,15)(H,16,17). The number of nitrogens with zero attached hydrogens (tertiary/aromatic N) is 1. The van der Waals surface area contributed by atoms with Crippen molar-refractivity contribution >= 4 is 27.7 Å². The monoisotopic (exact) mass is 312 g/mol. The highest BCUT2D eigenvalue weighted by molar-refractivity contribution is 9.10. The van der Waals surface area contributed by atoms with Gasteiger partial charge in [0.25, 0.3) is 0 Å². The molecule has 0 fully saturated rings. The third-order valence-electron chi connectivity index (χ3n) is 1.76. The molecule has 0 aliphatic carbocycles. The first-order chi connectivity index (χ1) is 7.80. The van der Waals surface area contributed by atoms with Gasteiger partial charge in [0.2, 0.25) is 0 Å². The van der Waals surface area contributed by atoms with Gasteiger partial charge in [-0.1, -0.05) is 0 Å². The second-order valence-electron chi connectivity index (χ2n) is 3.10. The molecular weight excluding hydrogens is 305 g/mol. The van der Waals surface area contributed by atoms with Gasteiger partial charge < -0.3 is 10.4 Å². The lowest BCUT2D eigenvalue weighted by atomic mass is 10.3. The molecule has 94 valence electrons. The quantitative estimate of drug-likeness (QED) is 0.897. The van der Waals surface area contributed by atoms with E-state index < -0.39 is 17.8 Å². The molecule has 1 aromatic heterocycles. The van der Waals surface area contributed by atoms with E-state index in [9.17, 15) is 18.0 Å². The number of nitrogens with one attached hydrogen (secondary N) is 1. The molecule has 0 bridgehead atoms. The van der Waals surface area contributed by atoms with Crippen molar-refractivity contribution in [3.63, 3.8) is 0 Å². The Bertz CT molecular complexity index is 423. The summed E-state index contributed by atoms with van der Waals surface area (Å²) in [7, 11) is 0. The van der Waals surface area contributed by atoms with Crippen LogP contribution in [-0.2, 0) is 11.0 Å². The summed E-state index contributed by atoms with van der Waals surface area (Å²) in [5, 5.41) is 10.9. The summed E-state index contributed by atoms with van der Waals surface area (Å²) in [5.41, 5.74) is -1.04. The summed E-state index contributed by atoms with van der Waals surface area (Å²) < 4.78 is 37.2. The molecule has 0 saturated heterocycles. The van der Waals surface area contributed by atoms with Crippen molar-refractivity contribution in [1.82, 2.24) is 4.98 Å². The number of hydrogen-bond acceptors (Lipinski definition) is 3. The van der Waals surface area contributed by atoms with Crippen LogP contribution in [0.2, 0.25) is 0 Å². The summed E-state index contributed by atoms with van der Waals surface area (Å²) in [6.07, 6.45) is -4.75. The Kier molecular flexibility index (Phi) is 4.33. The number of aromatic nitrogens is 1. The third-order valence-corrected chi connectivity index (χ3v) is 2.40. The van der Waals surface area contributed by atoms with E-state index in [2.05, 4.69) is 26.2 Å². The average molecular weight is 313 g/mol. The summed E-state index contributed by atoms with van der Waals surface area (Å²) in [4.78, 5) is 13.6. The minimum Gasteiger partial charge on any atom is -0.481 e. The molecular formula is C9H8BrF3N2O2. The lowest BCUT2D eigenvalue weighted by Gasteiger charge is -2.10. The van der Waals surface area contributed by atoms with Crippen LogP contribution in [0.4, 0.5) is 19.0 Å². The topological polar surface area (TPSA) is 62.2 Å². The van der Waals surface area contributed by atoms with E-state index in [0.29, 0.717) is 0 Å². The summed E-state index contributed by atoms with van der Waals surface area (Å²) in [6.45, 7) is 0.0151. The molecule has 0 unspecified atom stereocenters. The molecule has 2 N–H and O–H groups in total. The number of carboxylic acid groups (broad SMARTS) is 1. The first-order valence-corrected chi connectivity index (χ1v) is 5.29. The van der Waals surface area contributed by atoms with Gasteiger partial charge >= 0.3 is 12.1 Å². The number of aliphatic carboxylic acids is 1. The highest BCUT2D eigenvalue weighted by atomic mass is 79.9. The number of carboxylic acids is 1. The van der Waals surface area contributed by atoms with Gasteiger partial charge in [-0.15, -0.1) is 0 Å². The number of hydrogen-bond donors (Lipinski definition) is 2. The lowest BCUT2D eigenvalue weighted by Crippen LogP contribution is -2.13. The van der Waals surface area contributed by atoms with E-state index in [4.69, 9.17) is 5.11 Å². The molecule has 1 heterocycles. The Morgan fingerprint density at radius 2 is 2.12 bits per heavy atom. The highest BCUT2D eigenvalue weighted by Gasteiger charge is 2.35. The van der Waals surface area contributed by atoms with Crippen LogP contribution in [0.15, 0.2) is 16.6 Å². The summed E-state index contributed by atoms with van der Waals surface area (Å²) in [5.74, 6) is -1.05. The van der Waals surface area contributed by atoms with Crippen LogP contribution in [0.3, 0.4) is 0 Å².